The maximum atomic E-state index is 10.4. The maximum Gasteiger partial charge on any atom is 0.249 e. The number of hydrogen-bond donors (Lipinski definition) is 2. The first-order valence-corrected chi connectivity index (χ1v) is 3.03. The van der Waals surface area contributed by atoms with Crippen LogP contribution in [0.4, 0.5) is 0 Å². The van der Waals surface area contributed by atoms with E-state index in [-0.39, 0.29) is 0 Å². The van der Waals surface area contributed by atoms with Crippen molar-refractivity contribution in [2.24, 2.45) is 5.73 Å². The minimum Gasteiger partial charge on any atom is -0.380 e. The zero-order valence-corrected chi connectivity index (χ0v) is 5.85. The van der Waals surface area contributed by atoms with Crippen molar-refractivity contribution in [3.8, 4) is 0 Å². The van der Waals surface area contributed by atoms with E-state index in [0.717, 1.165) is 6.42 Å². The van der Waals surface area contributed by atoms with Gasteiger partial charge in [-0.2, -0.15) is 0 Å². The Morgan fingerprint density at radius 3 is 2.33 bits per heavy atom. The van der Waals surface area contributed by atoms with E-state index < -0.39 is 11.5 Å². The Labute approximate surface area is 54.9 Å². The van der Waals surface area contributed by atoms with Crippen LogP contribution in [0.15, 0.2) is 0 Å². The molecular weight excluding hydrogens is 118 g/mol. The van der Waals surface area contributed by atoms with E-state index in [1.165, 1.54) is 6.92 Å². The molecule has 0 aliphatic carbocycles. The first kappa shape index (κ1) is 8.43. The van der Waals surface area contributed by atoms with Gasteiger partial charge in [0.05, 0.1) is 0 Å². The lowest BCUT2D eigenvalue weighted by atomic mass is 10.0. The summed E-state index contributed by atoms with van der Waals surface area (Å²) >= 11 is 0. The lowest BCUT2D eigenvalue weighted by molar-refractivity contribution is -0.135. The fraction of sp³-hybridized carbons (Fsp3) is 0.833. The van der Waals surface area contributed by atoms with Crippen molar-refractivity contribution in [1.82, 2.24) is 0 Å². The van der Waals surface area contributed by atoms with Gasteiger partial charge in [0, 0.05) is 0 Å². The van der Waals surface area contributed by atoms with Gasteiger partial charge in [-0.1, -0.05) is 13.3 Å². The van der Waals surface area contributed by atoms with Gasteiger partial charge in [-0.3, -0.25) is 4.79 Å². The van der Waals surface area contributed by atoms with Crippen LogP contribution in [0.25, 0.3) is 0 Å². The van der Waals surface area contributed by atoms with Crippen molar-refractivity contribution in [2.75, 3.05) is 0 Å². The third kappa shape index (κ3) is 2.46. The number of primary amides is 1. The molecule has 0 aliphatic heterocycles. The predicted molar refractivity (Wildman–Crippen MR) is 34.7 cm³/mol. The van der Waals surface area contributed by atoms with E-state index in [9.17, 15) is 4.79 Å². The molecule has 1 atom stereocenters. The monoisotopic (exact) mass is 131 g/mol. The molecule has 1 unspecified atom stereocenters. The Kier molecular flexibility index (Phi) is 2.65. The largest absolute Gasteiger partial charge is 0.380 e. The molecule has 3 heteroatoms. The molecule has 0 aliphatic rings. The summed E-state index contributed by atoms with van der Waals surface area (Å²) in [5.41, 5.74) is 3.56. The Morgan fingerprint density at radius 1 is 1.78 bits per heavy atom. The summed E-state index contributed by atoms with van der Waals surface area (Å²) in [6.45, 7) is 3.32. The molecule has 0 saturated heterocycles. The molecule has 0 heterocycles. The summed E-state index contributed by atoms with van der Waals surface area (Å²) < 4.78 is 0. The molecular formula is C6H13NO2. The van der Waals surface area contributed by atoms with Gasteiger partial charge in [-0.25, -0.2) is 0 Å². The van der Waals surface area contributed by atoms with Crippen molar-refractivity contribution >= 4 is 5.91 Å². The Balaban J connectivity index is 3.85. The quantitative estimate of drug-likeness (QED) is 0.567. The minimum atomic E-state index is -1.31. The number of aliphatic hydroxyl groups is 1. The highest BCUT2D eigenvalue weighted by Gasteiger charge is 2.25. The molecule has 0 rings (SSSR count). The SMILES string of the molecule is CCCC(C)(O)C(N)=O. The van der Waals surface area contributed by atoms with Gasteiger partial charge in [-0.15, -0.1) is 0 Å². The second-order valence-corrected chi connectivity index (χ2v) is 2.39. The van der Waals surface area contributed by atoms with E-state index in [4.69, 9.17) is 10.8 Å². The van der Waals surface area contributed by atoms with Gasteiger partial charge in [0.2, 0.25) is 5.91 Å². The van der Waals surface area contributed by atoms with Gasteiger partial charge in [0.25, 0.3) is 0 Å². The van der Waals surface area contributed by atoms with E-state index in [1.807, 2.05) is 6.92 Å². The molecule has 9 heavy (non-hydrogen) atoms. The summed E-state index contributed by atoms with van der Waals surface area (Å²) in [5.74, 6) is -0.649. The standard InChI is InChI=1S/C6H13NO2/c1-3-4-6(2,9)5(7)8/h9H,3-4H2,1-2H3,(H2,7,8). The first-order valence-electron chi connectivity index (χ1n) is 3.03. The van der Waals surface area contributed by atoms with Crippen LogP contribution < -0.4 is 5.73 Å². The lowest BCUT2D eigenvalue weighted by Gasteiger charge is -2.16. The van der Waals surface area contributed by atoms with Gasteiger partial charge in [0.1, 0.15) is 5.60 Å². The van der Waals surface area contributed by atoms with E-state index >= 15 is 0 Å². The molecule has 3 N–H and O–H groups in total. The second-order valence-electron chi connectivity index (χ2n) is 2.39. The molecule has 0 aromatic carbocycles. The molecule has 0 aromatic rings. The number of hydrogen-bond acceptors (Lipinski definition) is 2. The number of carbonyl (C=O) groups excluding carboxylic acids is 1. The van der Waals surface area contributed by atoms with Crippen molar-refractivity contribution in [1.29, 1.82) is 0 Å². The average Bonchev–Trinajstić information content (AvgIpc) is 1.65. The summed E-state index contributed by atoms with van der Waals surface area (Å²) in [7, 11) is 0. The lowest BCUT2D eigenvalue weighted by Crippen LogP contribution is -2.40. The second kappa shape index (κ2) is 2.82. The molecule has 1 amide bonds. The van der Waals surface area contributed by atoms with Crippen molar-refractivity contribution in [3.63, 3.8) is 0 Å². The highest BCUT2D eigenvalue weighted by atomic mass is 16.3. The fourth-order valence-corrected chi connectivity index (χ4v) is 0.610. The average molecular weight is 131 g/mol. The minimum absolute atomic E-state index is 0.433. The van der Waals surface area contributed by atoms with Crippen LogP contribution >= 0.6 is 0 Å². The Hall–Kier alpha value is -0.570. The van der Waals surface area contributed by atoms with Crippen LogP contribution in [0.2, 0.25) is 0 Å². The van der Waals surface area contributed by atoms with E-state index in [0.29, 0.717) is 6.42 Å². The molecule has 0 radical (unpaired) electrons. The van der Waals surface area contributed by atoms with Crippen molar-refractivity contribution in [2.45, 2.75) is 32.3 Å². The Bertz CT molecular complexity index is 110. The molecule has 0 saturated carbocycles. The van der Waals surface area contributed by atoms with Gasteiger partial charge >= 0.3 is 0 Å². The number of rotatable bonds is 3. The molecule has 54 valence electrons. The topological polar surface area (TPSA) is 63.3 Å². The molecule has 0 fully saturated rings. The highest BCUT2D eigenvalue weighted by Crippen LogP contribution is 2.09. The summed E-state index contributed by atoms with van der Waals surface area (Å²) in [6, 6.07) is 0. The molecule has 3 nitrogen and oxygen atoms in total. The van der Waals surface area contributed by atoms with Crippen LogP contribution in [-0.2, 0) is 4.79 Å². The Morgan fingerprint density at radius 2 is 2.22 bits per heavy atom. The third-order valence-corrected chi connectivity index (χ3v) is 1.27. The van der Waals surface area contributed by atoms with Crippen LogP contribution in [0.1, 0.15) is 26.7 Å². The van der Waals surface area contributed by atoms with Crippen LogP contribution in [-0.4, -0.2) is 16.6 Å². The highest BCUT2D eigenvalue weighted by molar-refractivity contribution is 5.82. The molecule has 0 aromatic heterocycles. The van der Waals surface area contributed by atoms with Gasteiger partial charge in [0.15, 0.2) is 0 Å². The zero-order chi connectivity index (χ0) is 7.49. The summed E-state index contributed by atoms with van der Waals surface area (Å²) in [4.78, 5) is 10.4. The van der Waals surface area contributed by atoms with Crippen LogP contribution in [0.5, 0.6) is 0 Å². The first-order chi connectivity index (χ1) is 4.00. The zero-order valence-electron chi connectivity index (χ0n) is 5.85. The predicted octanol–water partition coefficient (Wildman–Crippen LogP) is 0.0228. The number of amides is 1. The number of carbonyl (C=O) groups is 1. The third-order valence-electron chi connectivity index (χ3n) is 1.27. The van der Waals surface area contributed by atoms with E-state index in [1.54, 1.807) is 0 Å². The normalized spacial score (nSPS) is 16.8. The smallest absolute Gasteiger partial charge is 0.249 e. The maximum absolute atomic E-state index is 10.4. The number of nitrogens with two attached hydrogens (primary N) is 1. The fourth-order valence-electron chi connectivity index (χ4n) is 0.610. The van der Waals surface area contributed by atoms with Crippen molar-refractivity contribution in [3.05, 3.63) is 0 Å². The summed E-state index contributed by atoms with van der Waals surface area (Å²) in [5, 5.41) is 9.12. The van der Waals surface area contributed by atoms with Gasteiger partial charge in [-0.05, 0) is 13.3 Å². The summed E-state index contributed by atoms with van der Waals surface area (Å²) in [6.07, 6.45) is 1.19. The van der Waals surface area contributed by atoms with E-state index in [2.05, 4.69) is 0 Å². The van der Waals surface area contributed by atoms with Gasteiger partial charge < -0.3 is 10.8 Å². The van der Waals surface area contributed by atoms with Crippen molar-refractivity contribution < 1.29 is 9.90 Å². The van der Waals surface area contributed by atoms with Crippen LogP contribution in [0.3, 0.4) is 0 Å². The molecule has 0 bridgehead atoms. The van der Waals surface area contributed by atoms with Crippen LogP contribution in [0, 0.1) is 0 Å². The molecule has 0 spiro atoms.